The average molecular weight is 459 g/mol. The summed E-state index contributed by atoms with van der Waals surface area (Å²) in [6.07, 6.45) is 1.50. The van der Waals surface area contributed by atoms with Gasteiger partial charge < -0.3 is 9.73 Å². The molecule has 0 saturated carbocycles. The number of furan rings is 1. The van der Waals surface area contributed by atoms with Crippen LogP contribution in [0.15, 0.2) is 74.7 Å². The molecule has 9 heteroatoms. The van der Waals surface area contributed by atoms with Crippen molar-refractivity contribution in [3.8, 4) is 11.3 Å². The van der Waals surface area contributed by atoms with Crippen molar-refractivity contribution >= 4 is 45.2 Å². The topological polar surface area (TPSA) is 92.7 Å². The molecule has 3 rings (SSSR count). The van der Waals surface area contributed by atoms with E-state index in [0.29, 0.717) is 33.2 Å². The van der Waals surface area contributed by atoms with Gasteiger partial charge in [0.1, 0.15) is 11.5 Å². The Morgan fingerprint density at radius 3 is 2.71 bits per heavy atom. The fraction of sp³-hybridized carbons (Fsp3) is 0.0526. The van der Waals surface area contributed by atoms with Crippen molar-refractivity contribution in [2.24, 2.45) is 5.10 Å². The van der Waals surface area contributed by atoms with Crippen LogP contribution in [-0.2, 0) is 6.54 Å². The fourth-order valence-corrected chi connectivity index (χ4v) is 3.04. The summed E-state index contributed by atoms with van der Waals surface area (Å²) in [7, 11) is 0. The molecule has 28 heavy (non-hydrogen) atoms. The number of halogens is 1. The number of rotatable bonds is 6. The average Bonchev–Trinajstić information content (AvgIpc) is 3.15. The van der Waals surface area contributed by atoms with E-state index in [1.165, 1.54) is 18.3 Å². The van der Waals surface area contributed by atoms with Gasteiger partial charge in [-0.05, 0) is 51.9 Å². The molecule has 0 fully saturated rings. The highest BCUT2D eigenvalue weighted by molar-refractivity contribution is 9.10. The van der Waals surface area contributed by atoms with Crippen molar-refractivity contribution in [2.45, 2.75) is 6.54 Å². The minimum absolute atomic E-state index is 0.00434. The van der Waals surface area contributed by atoms with Crippen LogP contribution in [-0.4, -0.2) is 16.3 Å². The Labute approximate surface area is 174 Å². The molecular weight excluding hydrogens is 444 g/mol. The summed E-state index contributed by atoms with van der Waals surface area (Å²) in [6, 6.07) is 17.9. The molecule has 0 amide bonds. The molecule has 0 radical (unpaired) electrons. The molecule has 0 atom stereocenters. The summed E-state index contributed by atoms with van der Waals surface area (Å²) in [5, 5.41) is 18.3. The van der Waals surface area contributed by atoms with Crippen LogP contribution in [0.4, 0.5) is 5.69 Å². The molecular formula is C19H15BrN4O3S. The highest BCUT2D eigenvalue weighted by Gasteiger charge is 2.12. The van der Waals surface area contributed by atoms with Gasteiger partial charge in [-0.1, -0.05) is 30.3 Å². The van der Waals surface area contributed by atoms with Crippen molar-refractivity contribution in [1.29, 1.82) is 0 Å². The monoisotopic (exact) mass is 458 g/mol. The molecule has 142 valence electrons. The number of hydrogen-bond donors (Lipinski definition) is 2. The van der Waals surface area contributed by atoms with E-state index in [1.807, 2.05) is 30.3 Å². The zero-order chi connectivity index (χ0) is 19.9. The minimum atomic E-state index is -0.449. The first kappa shape index (κ1) is 19.7. The summed E-state index contributed by atoms with van der Waals surface area (Å²) in [5.41, 5.74) is 4.55. The Morgan fingerprint density at radius 2 is 2.00 bits per heavy atom. The Bertz CT molecular complexity index is 1020. The zero-order valence-electron chi connectivity index (χ0n) is 14.5. The minimum Gasteiger partial charge on any atom is -0.455 e. The van der Waals surface area contributed by atoms with E-state index in [2.05, 4.69) is 31.8 Å². The number of hydrazone groups is 1. The normalized spacial score (nSPS) is 10.8. The van der Waals surface area contributed by atoms with E-state index in [0.717, 1.165) is 5.56 Å². The number of nitro groups is 1. The number of thiocarbonyl (C=S) groups is 1. The lowest BCUT2D eigenvalue weighted by atomic mass is 10.1. The number of hydrogen-bond acceptors (Lipinski definition) is 5. The van der Waals surface area contributed by atoms with Gasteiger partial charge in [0.05, 0.1) is 11.1 Å². The second-order valence-electron chi connectivity index (χ2n) is 5.66. The third-order valence-corrected chi connectivity index (χ3v) is 4.60. The Kier molecular flexibility index (Phi) is 6.51. The molecule has 0 spiro atoms. The Balaban J connectivity index is 1.57. The summed E-state index contributed by atoms with van der Waals surface area (Å²) in [5.74, 6) is 1.08. The lowest BCUT2D eigenvalue weighted by Gasteiger charge is -2.06. The highest BCUT2D eigenvalue weighted by Crippen LogP contribution is 2.32. The second kappa shape index (κ2) is 9.25. The Morgan fingerprint density at radius 1 is 1.21 bits per heavy atom. The number of benzene rings is 2. The maximum Gasteiger partial charge on any atom is 0.270 e. The van der Waals surface area contributed by atoms with Gasteiger partial charge in [-0.25, -0.2) is 0 Å². The van der Waals surface area contributed by atoms with Gasteiger partial charge in [-0.15, -0.1) is 0 Å². The Hall–Kier alpha value is -3.04. The highest BCUT2D eigenvalue weighted by atomic mass is 79.9. The van der Waals surface area contributed by atoms with Crippen LogP contribution in [0.5, 0.6) is 0 Å². The molecule has 2 aromatic carbocycles. The van der Waals surface area contributed by atoms with Gasteiger partial charge in [0.15, 0.2) is 5.11 Å². The van der Waals surface area contributed by atoms with Crippen LogP contribution in [0, 0.1) is 10.1 Å². The van der Waals surface area contributed by atoms with Crippen LogP contribution >= 0.6 is 28.1 Å². The van der Waals surface area contributed by atoms with Gasteiger partial charge in [0, 0.05) is 28.7 Å². The number of nitro benzene ring substituents is 1. The van der Waals surface area contributed by atoms with Crippen LogP contribution in [0.3, 0.4) is 0 Å². The van der Waals surface area contributed by atoms with Gasteiger partial charge in [0.25, 0.3) is 5.69 Å². The van der Waals surface area contributed by atoms with Crippen molar-refractivity contribution in [3.05, 3.63) is 86.6 Å². The van der Waals surface area contributed by atoms with Crippen LogP contribution in [0.1, 0.15) is 11.3 Å². The van der Waals surface area contributed by atoms with Gasteiger partial charge >= 0.3 is 0 Å². The molecule has 3 aromatic rings. The predicted octanol–water partition coefficient (Wildman–Crippen LogP) is 4.62. The third kappa shape index (κ3) is 5.24. The largest absolute Gasteiger partial charge is 0.455 e. The van der Waals surface area contributed by atoms with E-state index in [1.54, 1.807) is 18.2 Å². The molecule has 2 N–H and O–H groups in total. The first-order chi connectivity index (χ1) is 13.5. The maximum atomic E-state index is 10.8. The van der Waals surface area contributed by atoms with E-state index >= 15 is 0 Å². The van der Waals surface area contributed by atoms with Crippen LogP contribution in [0.2, 0.25) is 0 Å². The number of nitrogens with zero attached hydrogens (tertiary/aromatic N) is 2. The quantitative estimate of drug-likeness (QED) is 0.242. The molecule has 1 heterocycles. The molecule has 0 bridgehead atoms. The molecule has 7 nitrogen and oxygen atoms in total. The summed E-state index contributed by atoms with van der Waals surface area (Å²) < 4.78 is 6.28. The van der Waals surface area contributed by atoms with Crippen molar-refractivity contribution in [3.63, 3.8) is 0 Å². The van der Waals surface area contributed by atoms with Crippen molar-refractivity contribution in [1.82, 2.24) is 10.7 Å². The fourth-order valence-electron chi connectivity index (χ4n) is 2.36. The third-order valence-electron chi connectivity index (χ3n) is 3.71. The molecule has 0 aliphatic carbocycles. The molecule has 0 aliphatic heterocycles. The number of non-ortho nitro benzene ring substituents is 1. The van der Waals surface area contributed by atoms with E-state index in [4.69, 9.17) is 16.6 Å². The first-order valence-corrected chi connectivity index (χ1v) is 9.38. The molecule has 0 aliphatic rings. The van der Waals surface area contributed by atoms with Crippen LogP contribution in [0.25, 0.3) is 11.3 Å². The summed E-state index contributed by atoms with van der Waals surface area (Å²) in [4.78, 5) is 10.4. The summed E-state index contributed by atoms with van der Waals surface area (Å²) in [6.45, 7) is 0.598. The van der Waals surface area contributed by atoms with Crippen LogP contribution < -0.4 is 10.7 Å². The van der Waals surface area contributed by atoms with Gasteiger partial charge in [-0.2, -0.15) is 5.10 Å². The van der Waals surface area contributed by atoms with E-state index < -0.39 is 4.92 Å². The molecule has 0 unspecified atom stereocenters. The van der Waals surface area contributed by atoms with Gasteiger partial charge in [-0.3, -0.25) is 15.5 Å². The maximum absolute atomic E-state index is 10.8. The zero-order valence-corrected chi connectivity index (χ0v) is 16.9. The standard InChI is InChI=1S/C19H15BrN4O3S/c20-17-10-14(24(25)26)6-8-16(17)18-9-7-15(27-18)12-22-23-19(28)21-11-13-4-2-1-3-5-13/h1-10,12H,11H2,(H2,21,23,28)/b22-12-. The second-order valence-corrected chi connectivity index (χ2v) is 6.92. The lowest BCUT2D eigenvalue weighted by molar-refractivity contribution is -0.384. The lowest BCUT2D eigenvalue weighted by Crippen LogP contribution is -2.31. The smallest absolute Gasteiger partial charge is 0.270 e. The SMILES string of the molecule is O=[N+]([O-])c1ccc(-c2ccc(/C=N\NC(=S)NCc3ccccc3)o2)c(Br)c1. The first-order valence-electron chi connectivity index (χ1n) is 8.18. The van der Waals surface area contributed by atoms with Crippen molar-refractivity contribution < 1.29 is 9.34 Å². The van der Waals surface area contributed by atoms with E-state index in [-0.39, 0.29) is 5.69 Å². The van der Waals surface area contributed by atoms with E-state index in [9.17, 15) is 10.1 Å². The molecule has 1 aromatic heterocycles. The summed E-state index contributed by atoms with van der Waals surface area (Å²) >= 11 is 8.51. The number of nitrogens with one attached hydrogen (secondary N) is 2. The van der Waals surface area contributed by atoms with Gasteiger partial charge in [0.2, 0.25) is 0 Å². The predicted molar refractivity (Wildman–Crippen MR) is 115 cm³/mol. The molecule has 0 saturated heterocycles. The van der Waals surface area contributed by atoms with Crippen molar-refractivity contribution in [2.75, 3.05) is 0 Å².